The minimum Gasteiger partial charge on any atom is -0.378 e. The summed E-state index contributed by atoms with van der Waals surface area (Å²) in [6.07, 6.45) is 4.01. The van der Waals surface area contributed by atoms with Gasteiger partial charge in [0.05, 0.1) is 6.04 Å². The molecular formula is C21H22N2O. The minimum atomic E-state index is -0.331. The summed E-state index contributed by atoms with van der Waals surface area (Å²) in [4.78, 5) is 11.6. The van der Waals surface area contributed by atoms with Crippen molar-refractivity contribution in [1.82, 2.24) is 0 Å². The summed E-state index contributed by atoms with van der Waals surface area (Å²) in [5, 5.41) is 3.78. The molecule has 0 unspecified atom stereocenters. The van der Waals surface area contributed by atoms with Gasteiger partial charge in [-0.2, -0.15) is 0 Å². The van der Waals surface area contributed by atoms with Gasteiger partial charge < -0.3 is 11.1 Å². The number of hydrogen-bond donors (Lipinski definition) is 2. The Labute approximate surface area is 142 Å². The number of rotatable bonds is 2. The molecule has 2 saturated carbocycles. The van der Waals surface area contributed by atoms with Crippen LogP contribution in [0.5, 0.6) is 0 Å². The number of amides is 1. The Bertz CT molecular complexity index is 801. The summed E-state index contributed by atoms with van der Waals surface area (Å²) in [7, 11) is 0. The average Bonchev–Trinajstić information content (AvgIpc) is 3.23. The lowest BCUT2D eigenvalue weighted by Crippen LogP contribution is -2.35. The summed E-state index contributed by atoms with van der Waals surface area (Å²) < 4.78 is 0. The molecule has 2 fully saturated rings. The Kier molecular flexibility index (Phi) is 2.99. The number of fused-ring (bicyclic) bond motifs is 7. The highest BCUT2D eigenvalue weighted by atomic mass is 16.1. The summed E-state index contributed by atoms with van der Waals surface area (Å²) in [5.41, 5.74) is 10.0. The van der Waals surface area contributed by atoms with Gasteiger partial charge in [-0.05, 0) is 72.3 Å². The van der Waals surface area contributed by atoms with Crippen LogP contribution in [0, 0.1) is 17.8 Å². The predicted octanol–water partition coefficient (Wildman–Crippen LogP) is 4.08. The van der Waals surface area contributed by atoms with Gasteiger partial charge in [-0.3, -0.25) is 4.79 Å². The molecule has 122 valence electrons. The molecule has 3 N–H and O–H groups in total. The SMILES string of the molecule is NC(=O)c1ccc2c(c1)[C@H]1[C@H]3CC[C@@H](C3)[C@@H]1[C@@H](c1ccccc1)N2. The summed E-state index contributed by atoms with van der Waals surface area (Å²) in [6.45, 7) is 0. The Morgan fingerprint density at radius 1 is 1.04 bits per heavy atom. The van der Waals surface area contributed by atoms with Crippen LogP contribution in [-0.2, 0) is 0 Å². The predicted molar refractivity (Wildman–Crippen MR) is 94.8 cm³/mol. The molecule has 2 bridgehead atoms. The van der Waals surface area contributed by atoms with Crippen molar-refractivity contribution in [3.8, 4) is 0 Å². The average molecular weight is 318 g/mol. The summed E-state index contributed by atoms with van der Waals surface area (Å²) in [6, 6.07) is 17.1. The molecule has 1 amide bonds. The van der Waals surface area contributed by atoms with Crippen LogP contribution < -0.4 is 11.1 Å². The van der Waals surface area contributed by atoms with Gasteiger partial charge in [-0.25, -0.2) is 0 Å². The zero-order valence-corrected chi connectivity index (χ0v) is 13.6. The van der Waals surface area contributed by atoms with E-state index in [9.17, 15) is 4.79 Å². The number of benzene rings is 2. The maximum atomic E-state index is 11.6. The largest absolute Gasteiger partial charge is 0.378 e. The van der Waals surface area contributed by atoms with Crippen LogP contribution in [0.15, 0.2) is 48.5 Å². The molecule has 3 nitrogen and oxygen atoms in total. The first kappa shape index (κ1) is 14.1. The van der Waals surface area contributed by atoms with Crippen molar-refractivity contribution in [3.63, 3.8) is 0 Å². The van der Waals surface area contributed by atoms with Crippen LogP contribution in [-0.4, -0.2) is 5.91 Å². The van der Waals surface area contributed by atoms with Gasteiger partial charge in [0.15, 0.2) is 0 Å². The molecule has 3 heteroatoms. The van der Waals surface area contributed by atoms with E-state index in [1.807, 2.05) is 18.2 Å². The standard InChI is InChI=1S/C21H22N2O/c22-21(24)15-8-9-17-16(11-15)18-13-6-7-14(10-13)19(18)20(23-17)12-4-2-1-3-5-12/h1-5,8-9,11,13-14,18-20,23H,6-7,10H2,(H2,22,24)/t13-,14-,18+,19-,20+/m0/s1. The third-order valence-electron chi connectivity index (χ3n) is 6.53. The van der Waals surface area contributed by atoms with E-state index in [4.69, 9.17) is 5.73 Å². The Morgan fingerprint density at radius 3 is 2.62 bits per heavy atom. The van der Waals surface area contributed by atoms with Crippen molar-refractivity contribution in [2.24, 2.45) is 23.5 Å². The Hall–Kier alpha value is -2.29. The lowest BCUT2D eigenvalue weighted by atomic mass is 9.68. The molecule has 2 aliphatic carbocycles. The zero-order chi connectivity index (χ0) is 16.3. The third-order valence-corrected chi connectivity index (χ3v) is 6.53. The van der Waals surface area contributed by atoms with Crippen molar-refractivity contribution in [2.75, 3.05) is 5.32 Å². The number of primary amides is 1. The second kappa shape index (κ2) is 5.10. The van der Waals surface area contributed by atoms with E-state index >= 15 is 0 Å². The van der Waals surface area contributed by atoms with E-state index in [0.29, 0.717) is 23.4 Å². The molecule has 0 radical (unpaired) electrons. The molecule has 0 aromatic heterocycles. The molecule has 5 atom stereocenters. The van der Waals surface area contributed by atoms with Crippen LogP contribution in [0.25, 0.3) is 0 Å². The van der Waals surface area contributed by atoms with E-state index in [2.05, 4.69) is 35.6 Å². The van der Waals surface area contributed by atoms with Crippen LogP contribution in [0.2, 0.25) is 0 Å². The van der Waals surface area contributed by atoms with Gasteiger partial charge in [0.2, 0.25) is 5.91 Å². The number of carbonyl (C=O) groups is 1. The number of carbonyl (C=O) groups excluding carboxylic acids is 1. The van der Waals surface area contributed by atoms with E-state index in [-0.39, 0.29) is 5.91 Å². The van der Waals surface area contributed by atoms with Gasteiger partial charge in [-0.15, -0.1) is 0 Å². The van der Waals surface area contributed by atoms with Crippen molar-refractivity contribution >= 4 is 11.6 Å². The third kappa shape index (κ3) is 1.94. The Morgan fingerprint density at radius 2 is 1.83 bits per heavy atom. The second-order valence-corrected chi connectivity index (χ2v) is 7.64. The molecular weight excluding hydrogens is 296 g/mol. The Balaban J connectivity index is 1.64. The van der Waals surface area contributed by atoms with Crippen LogP contribution in [0.1, 0.15) is 52.7 Å². The van der Waals surface area contributed by atoms with Crippen molar-refractivity contribution < 1.29 is 4.79 Å². The fourth-order valence-corrected chi connectivity index (χ4v) is 5.63. The normalized spacial score (nSPS) is 32.8. The van der Waals surface area contributed by atoms with Gasteiger partial charge in [-0.1, -0.05) is 30.3 Å². The highest BCUT2D eigenvalue weighted by molar-refractivity contribution is 5.93. The van der Waals surface area contributed by atoms with Crippen molar-refractivity contribution in [1.29, 1.82) is 0 Å². The fraction of sp³-hybridized carbons (Fsp3) is 0.381. The van der Waals surface area contributed by atoms with E-state index in [0.717, 1.165) is 11.8 Å². The van der Waals surface area contributed by atoms with Crippen LogP contribution >= 0.6 is 0 Å². The molecule has 0 spiro atoms. The smallest absolute Gasteiger partial charge is 0.248 e. The van der Waals surface area contributed by atoms with Gasteiger partial charge in [0, 0.05) is 11.3 Å². The van der Waals surface area contributed by atoms with Gasteiger partial charge in [0.1, 0.15) is 0 Å². The van der Waals surface area contributed by atoms with Gasteiger partial charge >= 0.3 is 0 Å². The number of nitrogens with one attached hydrogen (secondary N) is 1. The molecule has 1 heterocycles. The molecule has 2 aromatic carbocycles. The van der Waals surface area contributed by atoms with E-state index in [1.165, 1.54) is 36.1 Å². The first-order chi connectivity index (χ1) is 11.7. The number of nitrogens with two attached hydrogens (primary N) is 1. The molecule has 2 aromatic rings. The molecule has 5 rings (SSSR count). The van der Waals surface area contributed by atoms with Crippen LogP contribution in [0.4, 0.5) is 5.69 Å². The van der Waals surface area contributed by atoms with Crippen molar-refractivity contribution in [3.05, 3.63) is 65.2 Å². The van der Waals surface area contributed by atoms with Crippen LogP contribution in [0.3, 0.4) is 0 Å². The summed E-state index contributed by atoms with van der Waals surface area (Å²) in [5.74, 6) is 2.41. The number of anilines is 1. The lowest BCUT2D eigenvalue weighted by molar-refractivity contribution is 0.1000. The lowest BCUT2D eigenvalue weighted by Gasteiger charge is -2.43. The first-order valence-corrected chi connectivity index (χ1v) is 8.97. The van der Waals surface area contributed by atoms with Crippen molar-refractivity contribution in [2.45, 2.75) is 31.2 Å². The fourth-order valence-electron chi connectivity index (χ4n) is 5.63. The zero-order valence-electron chi connectivity index (χ0n) is 13.6. The van der Waals surface area contributed by atoms with E-state index < -0.39 is 0 Å². The number of hydrogen-bond acceptors (Lipinski definition) is 2. The molecule has 3 aliphatic rings. The second-order valence-electron chi connectivity index (χ2n) is 7.64. The van der Waals surface area contributed by atoms with Gasteiger partial charge in [0.25, 0.3) is 0 Å². The highest BCUT2D eigenvalue weighted by Crippen LogP contribution is 2.63. The highest BCUT2D eigenvalue weighted by Gasteiger charge is 2.53. The minimum absolute atomic E-state index is 0.331. The monoisotopic (exact) mass is 318 g/mol. The molecule has 1 aliphatic heterocycles. The molecule has 24 heavy (non-hydrogen) atoms. The maximum absolute atomic E-state index is 11.6. The topological polar surface area (TPSA) is 55.1 Å². The molecule has 0 saturated heterocycles. The van der Waals surface area contributed by atoms with E-state index in [1.54, 1.807) is 0 Å². The maximum Gasteiger partial charge on any atom is 0.248 e. The first-order valence-electron chi connectivity index (χ1n) is 8.97. The quantitative estimate of drug-likeness (QED) is 0.876. The summed E-state index contributed by atoms with van der Waals surface area (Å²) >= 11 is 0.